The molecule has 0 amide bonds. The minimum absolute atomic E-state index is 0.977. The predicted molar refractivity (Wildman–Crippen MR) is 154 cm³/mol. The van der Waals surface area contributed by atoms with Crippen LogP contribution in [0.15, 0.2) is 140 Å². The highest BCUT2D eigenvalue weighted by Crippen LogP contribution is 2.58. The summed E-state index contributed by atoms with van der Waals surface area (Å²) in [5, 5.41) is 5.31. The minimum atomic E-state index is -1.90. The molecule has 6 aromatic rings. The Bertz CT molecular complexity index is 1410. The van der Waals surface area contributed by atoms with E-state index in [1.165, 1.54) is 31.7 Å². The van der Waals surface area contributed by atoms with E-state index in [4.69, 9.17) is 4.98 Å². The Morgan fingerprint density at radius 3 is 1.51 bits per heavy atom. The molecular formula is C32H25NPS+. The van der Waals surface area contributed by atoms with Crippen LogP contribution >= 0.6 is 18.6 Å². The van der Waals surface area contributed by atoms with Gasteiger partial charge in [0.15, 0.2) is 0 Å². The quantitative estimate of drug-likeness (QED) is 0.223. The standard InChI is InChI=1S/C32H25NPS/c1-4-12-27(13-5-1)34(28-14-6-2-7-15-28,29-16-8-3-9-17-29)24-25-20-22-26(23-21-25)32-33-30-18-10-11-19-31(30)35-32/h1-23H,24H2/q+1. The molecule has 3 heteroatoms. The number of benzene rings is 5. The van der Waals surface area contributed by atoms with Crippen LogP contribution in [0.2, 0.25) is 0 Å². The van der Waals surface area contributed by atoms with E-state index in [0.717, 1.165) is 16.7 Å². The number of hydrogen-bond acceptors (Lipinski definition) is 2. The molecule has 0 spiro atoms. The first-order valence-corrected chi connectivity index (χ1v) is 14.6. The van der Waals surface area contributed by atoms with Crippen molar-refractivity contribution in [2.24, 2.45) is 0 Å². The van der Waals surface area contributed by atoms with Gasteiger partial charge >= 0.3 is 0 Å². The summed E-state index contributed by atoms with van der Waals surface area (Å²) in [6.07, 6.45) is 0.977. The number of thiazole rings is 1. The van der Waals surface area contributed by atoms with Crippen molar-refractivity contribution >= 4 is 44.7 Å². The molecule has 1 nitrogen and oxygen atoms in total. The van der Waals surface area contributed by atoms with Gasteiger partial charge in [0, 0.05) is 5.56 Å². The molecule has 168 valence electrons. The number of hydrogen-bond donors (Lipinski definition) is 0. The highest BCUT2D eigenvalue weighted by Gasteiger charge is 2.45. The topological polar surface area (TPSA) is 12.9 Å². The fourth-order valence-electron chi connectivity index (χ4n) is 4.79. The molecule has 0 aliphatic heterocycles. The number of nitrogens with zero attached hydrogens (tertiary/aromatic N) is 1. The number of aromatic nitrogens is 1. The van der Waals surface area contributed by atoms with Crippen LogP contribution in [0.1, 0.15) is 5.56 Å². The van der Waals surface area contributed by atoms with Gasteiger partial charge in [-0.25, -0.2) is 4.98 Å². The van der Waals surface area contributed by atoms with E-state index in [1.807, 2.05) is 0 Å². The zero-order valence-corrected chi connectivity index (χ0v) is 21.0. The van der Waals surface area contributed by atoms with E-state index in [9.17, 15) is 0 Å². The predicted octanol–water partition coefficient (Wildman–Crippen LogP) is 7.46. The fraction of sp³-hybridized carbons (Fsp3) is 0.0312. The molecule has 0 atom stereocenters. The second kappa shape index (κ2) is 9.58. The van der Waals surface area contributed by atoms with E-state index in [-0.39, 0.29) is 0 Å². The van der Waals surface area contributed by atoms with Crippen molar-refractivity contribution in [1.82, 2.24) is 4.98 Å². The zero-order valence-electron chi connectivity index (χ0n) is 19.3. The summed E-state index contributed by atoms with van der Waals surface area (Å²) in [4.78, 5) is 4.86. The van der Waals surface area contributed by atoms with Crippen molar-refractivity contribution in [3.63, 3.8) is 0 Å². The molecule has 0 unspecified atom stereocenters. The summed E-state index contributed by atoms with van der Waals surface area (Å²) in [6.45, 7) is 0. The van der Waals surface area contributed by atoms with Crippen molar-refractivity contribution in [2.75, 3.05) is 0 Å². The number of para-hydroxylation sites is 1. The molecular weight excluding hydrogens is 461 g/mol. The third-order valence-electron chi connectivity index (χ3n) is 6.51. The van der Waals surface area contributed by atoms with Crippen LogP contribution in [0.25, 0.3) is 20.8 Å². The molecule has 0 bridgehead atoms. The first-order valence-electron chi connectivity index (χ1n) is 11.8. The van der Waals surface area contributed by atoms with Gasteiger partial charge in [-0.15, -0.1) is 11.3 Å². The van der Waals surface area contributed by atoms with Gasteiger partial charge in [-0.3, -0.25) is 0 Å². The van der Waals surface area contributed by atoms with Crippen LogP contribution in [0, 0.1) is 0 Å². The van der Waals surface area contributed by atoms with Crippen LogP contribution in [0.4, 0.5) is 0 Å². The molecule has 1 heterocycles. The van der Waals surface area contributed by atoms with Gasteiger partial charge in [0.1, 0.15) is 28.2 Å². The molecule has 0 aliphatic carbocycles. The number of fused-ring (bicyclic) bond motifs is 1. The Balaban J connectivity index is 1.46. The maximum atomic E-state index is 4.86. The average molecular weight is 487 g/mol. The molecule has 6 rings (SSSR count). The van der Waals surface area contributed by atoms with E-state index >= 15 is 0 Å². The Kier molecular flexibility index (Phi) is 6.00. The first kappa shape index (κ1) is 21.9. The van der Waals surface area contributed by atoms with Crippen LogP contribution in [0.3, 0.4) is 0 Å². The Morgan fingerprint density at radius 1 is 0.514 bits per heavy atom. The van der Waals surface area contributed by atoms with Crippen LogP contribution in [-0.4, -0.2) is 4.98 Å². The lowest BCUT2D eigenvalue weighted by Gasteiger charge is -2.28. The van der Waals surface area contributed by atoms with Crippen LogP contribution in [-0.2, 0) is 6.16 Å². The first-order chi connectivity index (χ1) is 17.3. The second-order valence-electron chi connectivity index (χ2n) is 8.66. The van der Waals surface area contributed by atoms with Gasteiger partial charge in [-0.1, -0.05) is 91.0 Å². The molecule has 5 aromatic carbocycles. The number of rotatable bonds is 6. The third kappa shape index (κ3) is 4.21. The van der Waals surface area contributed by atoms with Crippen molar-refractivity contribution in [3.8, 4) is 10.6 Å². The highest BCUT2D eigenvalue weighted by molar-refractivity contribution is 7.95. The van der Waals surface area contributed by atoms with Gasteiger partial charge in [-0.05, 0) is 54.1 Å². The average Bonchev–Trinajstić information content (AvgIpc) is 3.38. The van der Waals surface area contributed by atoms with Crippen molar-refractivity contribution in [2.45, 2.75) is 6.16 Å². The lowest BCUT2D eigenvalue weighted by atomic mass is 10.2. The molecule has 35 heavy (non-hydrogen) atoms. The van der Waals surface area contributed by atoms with E-state index in [1.54, 1.807) is 11.3 Å². The third-order valence-corrected chi connectivity index (χ3v) is 12.0. The van der Waals surface area contributed by atoms with Gasteiger partial charge < -0.3 is 0 Å². The van der Waals surface area contributed by atoms with Crippen molar-refractivity contribution in [3.05, 3.63) is 145 Å². The Morgan fingerprint density at radius 2 is 1.00 bits per heavy atom. The van der Waals surface area contributed by atoms with Crippen LogP contribution in [0.5, 0.6) is 0 Å². The molecule has 0 aliphatic rings. The van der Waals surface area contributed by atoms with Crippen LogP contribution < -0.4 is 15.9 Å². The SMILES string of the molecule is c1ccc([P+](Cc2ccc(-c3nc4ccccc4s3)cc2)(c2ccccc2)c2ccccc2)cc1. The molecule has 0 fully saturated rings. The molecule has 1 aromatic heterocycles. The lowest BCUT2D eigenvalue weighted by Crippen LogP contribution is -2.32. The molecule has 0 saturated heterocycles. The largest absolute Gasteiger partial charge is 0.236 e. The fourth-order valence-corrected chi connectivity index (χ4v) is 10.0. The summed E-state index contributed by atoms with van der Waals surface area (Å²) in [6, 6.07) is 50.7. The lowest BCUT2D eigenvalue weighted by molar-refractivity contribution is 1.38. The monoisotopic (exact) mass is 486 g/mol. The summed E-state index contributed by atoms with van der Waals surface area (Å²) < 4.78 is 1.23. The van der Waals surface area contributed by atoms with Crippen molar-refractivity contribution in [1.29, 1.82) is 0 Å². The molecule has 0 radical (unpaired) electrons. The highest BCUT2D eigenvalue weighted by atomic mass is 32.1. The summed E-state index contributed by atoms with van der Waals surface area (Å²) >= 11 is 1.76. The smallest absolute Gasteiger partial charge is 0.124 e. The van der Waals surface area contributed by atoms with Gasteiger partial charge in [0.2, 0.25) is 0 Å². The van der Waals surface area contributed by atoms with E-state index in [2.05, 4.69) is 140 Å². The normalized spacial score (nSPS) is 11.5. The maximum Gasteiger partial charge on any atom is 0.124 e. The summed E-state index contributed by atoms with van der Waals surface area (Å²) in [7, 11) is -1.90. The van der Waals surface area contributed by atoms with Gasteiger partial charge in [0.05, 0.1) is 16.4 Å². The zero-order chi connectivity index (χ0) is 23.5. The van der Waals surface area contributed by atoms with E-state index in [0.29, 0.717) is 0 Å². The van der Waals surface area contributed by atoms with E-state index < -0.39 is 7.26 Å². The summed E-state index contributed by atoms with van der Waals surface area (Å²) in [5.74, 6) is 0. The summed E-state index contributed by atoms with van der Waals surface area (Å²) in [5.41, 5.74) is 3.59. The molecule has 0 saturated carbocycles. The Labute approximate surface area is 211 Å². The maximum absolute atomic E-state index is 4.86. The minimum Gasteiger partial charge on any atom is -0.236 e. The van der Waals surface area contributed by atoms with Gasteiger partial charge in [-0.2, -0.15) is 0 Å². The molecule has 0 N–H and O–H groups in total. The van der Waals surface area contributed by atoms with Crippen molar-refractivity contribution < 1.29 is 0 Å². The Hall–Kier alpha value is -3.58. The van der Waals surface area contributed by atoms with Gasteiger partial charge in [0.25, 0.3) is 0 Å². The second-order valence-corrected chi connectivity index (χ2v) is 13.2.